The van der Waals surface area contributed by atoms with Crippen molar-refractivity contribution < 1.29 is 14.6 Å². The molecule has 0 radical (unpaired) electrons. The zero-order valence-corrected chi connectivity index (χ0v) is 9.67. The van der Waals surface area contributed by atoms with E-state index in [1.807, 2.05) is 6.92 Å². The summed E-state index contributed by atoms with van der Waals surface area (Å²) < 4.78 is 5.28. The molecule has 1 aromatic heterocycles. The largest absolute Gasteiger partial charge is 0.480 e. The number of aromatic nitrogens is 2. The summed E-state index contributed by atoms with van der Waals surface area (Å²) in [6.45, 7) is 2.36. The summed E-state index contributed by atoms with van der Waals surface area (Å²) in [5, 5.41) is 8.88. The number of hydrogen-bond acceptors (Lipinski definition) is 5. The van der Waals surface area contributed by atoms with Gasteiger partial charge in [-0.2, -0.15) is 0 Å². The summed E-state index contributed by atoms with van der Waals surface area (Å²) in [4.78, 5) is 20.7. The third-order valence-electron chi connectivity index (χ3n) is 2.51. The van der Waals surface area contributed by atoms with Gasteiger partial charge in [0.05, 0.1) is 6.61 Å². The van der Waals surface area contributed by atoms with E-state index in [2.05, 4.69) is 9.97 Å². The van der Waals surface area contributed by atoms with Gasteiger partial charge in [-0.3, -0.25) is 4.79 Å². The smallest absolute Gasteiger partial charge is 0.323 e. The van der Waals surface area contributed by atoms with Crippen molar-refractivity contribution in [3.8, 4) is 5.88 Å². The quantitative estimate of drug-likeness (QED) is 0.793. The second-order valence-electron chi connectivity index (χ2n) is 3.90. The summed E-state index contributed by atoms with van der Waals surface area (Å²) in [7, 11) is 0. The van der Waals surface area contributed by atoms with Crippen LogP contribution >= 0.6 is 0 Å². The van der Waals surface area contributed by atoms with E-state index in [1.54, 1.807) is 11.0 Å². The van der Waals surface area contributed by atoms with Gasteiger partial charge in [0.15, 0.2) is 0 Å². The fraction of sp³-hybridized carbons (Fsp3) is 0.545. The van der Waals surface area contributed by atoms with Crippen molar-refractivity contribution in [1.82, 2.24) is 9.97 Å². The second-order valence-corrected chi connectivity index (χ2v) is 3.90. The summed E-state index contributed by atoms with van der Waals surface area (Å²) in [6.07, 6.45) is 3.43. The molecule has 1 saturated carbocycles. The normalized spacial score (nSPS) is 14.4. The standard InChI is InChI=1S/C11H15N3O3/c1-2-17-10-5-9(12-7-13-10)14(6-11(15)16)8-3-4-8/h5,7-8H,2-4,6H2,1H3,(H,15,16). The molecule has 1 aromatic rings. The van der Waals surface area contributed by atoms with E-state index in [0.717, 1.165) is 12.8 Å². The molecule has 1 heterocycles. The first-order valence-corrected chi connectivity index (χ1v) is 5.64. The number of carbonyl (C=O) groups is 1. The molecule has 1 N–H and O–H groups in total. The summed E-state index contributed by atoms with van der Waals surface area (Å²) in [5.74, 6) is 0.246. The van der Waals surface area contributed by atoms with E-state index in [4.69, 9.17) is 9.84 Å². The predicted octanol–water partition coefficient (Wildman–Crippen LogP) is 0.929. The Morgan fingerprint density at radius 2 is 2.35 bits per heavy atom. The number of anilines is 1. The Morgan fingerprint density at radius 3 is 2.94 bits per heavy atom. The Hall–Kier alpha value is -1.85. The minimum absolute atomic E-state index is 0.0345. The molecule has 2 rings (SSSR count). The SMILES string of the molecule is CCOc1cc(N(CC(=O)O)C2CC2)ncn1. The zero-order chi connectivity index (χ0) is 12.3. The van der Waals surface area contributed by atoms with Crippen molar-refractivity contribution in [2.45, 2.75) is 25.8 Å². The number of rotatable bonds is 6. The van der Waals surface area contributed by atoms with Gasteiger partial charge >= 0.3 is 5.97 Å². The summed E-state index contributed by atoms with van der Waals surface area (Å²) in [6, 6.07) is 1.97. The lowest BCUT2D eigenvalue weighted by molar-refractivity contribution is -0.135. The van der Waals surface area contributed by atoms with Gasteiger partial charge in [-0.05, 0) is 19.8 Å². The fourth-order valence-electron chi connectivity index (χ4n) is 1.64. The third kappa shape index (κ3) is 3.05. The highest BCUT2D eigenvalue weighted by Crippen LogP contribution is 2.31. The summed E-state index contributed by atoms with van der Waals surface area (Å²) in [5.41, 5.74) is 0. The minimum atomic E-state index is -0.853. The van der Waals surface area contributed by atoms with Gasteiger partial charge < -0.3 is 14.7 Å². The first-order valence-electron chi connectivity index (χ1n) is 5.64. The molecule has 6 nitrogen and oxygen atoms in total. The lowest BCUT2D eigenvalue weighted by Gasteiger charge is -2.21. The van der Waals surface area contributed by atoms with Crippen molar-refractivity contribution in [3.63, 3.8) is 0 Å². The van der Waals surface area contributed by atoms with Crippen LogP contribution in [0.3, 0.4) is 0 Å². The Kier molecular flexibility index (Phi) is 3.41. The van der Waals surface area contributed by atoms with Crippen molar-refractivity contribution in [3.05, 3.63) is 12.4 Å². The predicted molar refractivity (Wildman–Crippen MR) is 61.2 cm³/mol. The van der Waals surface area contributed by atoms with Crippen molar-refractivity contribution in [2.75, 3.05) is 18.1 Å². The number of nitrogens with zero attached hydrogens (tertiary/aromatic N) is 3. The van der Waals surface area contributed by atoms with Crippen LogP contribution in [-0.2, 0) is 4.79 Å². The van der Waals surface area contributed by atoms with Crippen LogP contribution in [0.4, 0.5) is 5.82 Å². The second kappa shape index (κ2) is 4.99. The lowest BCUT2D eigenvalue weighted by Crippen LogP contribution is -2.32. The molecule has 0 amide bonds. The maximum absolute atomic E-state index is 10.8. The number of carboxylic acid groups (broad SMARTS) is 1. The van der Waals surface area contributed by atoms with Gasteiger partial charge in [0, 0.05) is 12.1 Å². The molecular weight excluding hydrogens is 222 g/mol. The van der Waals surface area contributed by atoms with Gasteiger partial charge in [-0.25, -0.2) is 9.97 Å². The van der Waals surface area contributed by atoms with Crippen LogP contribution in [0.25, 0.3) is 0 Å². The molecule has 6 heteroatoms. The number of carboxylic acids is 1. The van der Waals surface area contributed by atoms with E-state index in [1.165, 1.54) is 6.33 Å². The third-order valence-corrected chi connectivity index (χ3v) is 2.51. The molecule has 0 spiro atoms. The maximum atomic E-state index is 10.8. The van der Waals surface area contributed by atoms with Crippen molar-refractivity contribution in [2.24, 2.45) is 0 Å². The molecule has 1 aliphatic carbocycles. The van der Waals surface area contributed by atoms with E-state index < -0.39 is 5.97 Å². The fourth-order valence-corrected chi connectivity index (χ4v) is 1.64. The molecule has 1 fully saturated rings. The van der Waals surface area contributed by atoms with Gasteiger partial charge in [-0.15, -0.1) is 0 Å². The molecule has 0 bridgehead atoms. The number of aliphatic carboxylic acids is 1. The Morgan fingerprint density at radius 1 is 1.59 bits per heavy atom. The first-order chi connectivity index (χ1) is 8.20. The maximum Gasteiger partial charge on any atom is 0.323 e. The van der Waals surface area contributed by atoms with Gasteiger partial charge in [0.1, 0.15) is 18.7 Å². The number of ether oxygens (including phenoxy) is 1. The molecule has 0 unspecified atom stereocenters. The first kappa shape index (κ1) is 11.6. The molecule has 0 saturated heterocycles. The zero-order valence-electron chi connectivity index (χ0n) is 9.67. The van der Waals surface area contributed by atoms with Gasteiger partial charge in [0.2, 0.25) is 5.88 Å². The van der Waals surface area contributed by atoms with Crippen molar-refractivity contribution in [1.29, 1.82) is 0 Å². The van der Waals surface area contributed by atoms with Gasteiger partial charge in [-0.1, -0.05) is 0 Å². The van der Waals surface area contributed by atoms with E-state index >= 15 is 0 Å². The minimum Gasteiger partial charge on any atom is -0.480 e. The van der Waals surface area contributed by atoms with Crippen LogP contribution in [0.2, 0.25) is 0 Å². The molecule has 0 atom stereocenters. The van der Waals surface area contributed by atoms with E-state index in [-0.39, 0.29) is 12.6 Å². The highest BCUT2D eigenvalue weighted by molar-refractivity contribution is 5.73. The van der Waals surface area contributed by atoms with E-state index in [0.29, 0.717) is 18.3 Å². The van der Waals surface area contributed by atoms with Crippen LogP contribution in [0.15, 0.2) is 12.4 Å². The molecule has 17 heavy (non-hydrogen) atoms. The Labute approximate surface area is 99.2 Å². The Balaban J connectivity index is 2.16. The topological polar surface area (TPSA) is 75.5 Å². The molecular formula is C11H15N3O3. The highest BCUT2D eigenvalue weighted by atomic mass is 16.5. The molecule has 1 aliphatic rings. The van der Waals surface area contributed by atoms with Crippen molar-refractivity contribution >= 4 is 11.8 Å². The van der Waals surface area contributed by atoms with Crippen LogP contribution in [0, 0.1) is 0 Å². The Bertz CT molecular complexity index is 407. The number of hydrogen-bond donors (Lipinski definition) is 1. The van der Waals surface area contributed by atoms with Crippen LogP contribution in [0.1, 0.15) is 19.8 Å². The molecule has 0 aliphatic heterocycles. The van der Waals surface area contributed by atoms with Crippen LogP contribution in [-0.4, -0.2) is 40.2 Å². The molecule has 0 aromatic carbocycles. The molecule has 92 valence electrons. The average molecular weight is 237 g/mol. The monoisotopic (exact) mass is 237 g/mol. The summed E-state index contributed by atoms with van der Waals surface area (Å²) >= 11 is 0. The lowest BCUT2D eigenvalue weighted by atomic mass is 10.4. The van der Waals surface area contributed by atoms with Crippen LogP contribution in [0.5, 0.6) is 5.88 Å². The highest BCUT2D eigenvalue weighted by Gasteiger charge is 2.31. The van der Waals surface area contributed by atoms with E-state index in [9.17, 15) is 4.79 Å². The van der Waals surface area contributed by atoms with Crippen LogP contribution < -0.4 is 9.64 Å². The van der Waals surface area contributed by atoms with Gasteiger partial charge in [0.25, 0.3) is 0 Å². The average Bonchev–Trinajstić information content (AvgIpc) is 3.10.